The molecule has 0 aliphatic carbocycles. The third kappa shape index (κ3) is 2.03. The summed E-state index contributed by atoms with van der Waals surface area (Å²) in [6, 6.07) is 4.87. The van der Waals surface area contributed by atoms with Crippen LogP contribution < -0.4 is 4.74 Å². The number of pyridine rings is 1. The molecule has 1 aromatic heterocycles. The van der Waals surface area contributed by atoms with Crippen molar-refractivity contribution < 1.29 is 14.6 Å². The van der Waals surface area contributed by atoms with E-state index in [-0.39, 0.29) is 5.69 Å². The van der Waals surface area contributed by atoms with Gasteiger partial charge in [-0.2, -0.15) is 0 Å². The minimum absolute atomic E-state index is 0.0609. The van der Waals surface area contributed by atoms with Crippen LogP contribution in [0.3, 0.4) is 0 Å². The van der Waals surface area contributed by atoms with Crippen molar-refractivity contribution in [3.8, 4) is 5.75 Å². The zero-order valence-electron chi connectivity index (χ0n) is 9.32. The number of carboxylic acids is 1. The summed E-state index contributed by atoms with van der Waals surface area (Å²) in [5, 5.41) is 10.2. The zero-order valence-corrected chi connectivity index (χ0v) is 10.1. The van der Waals surface area contributed by atoms with Crippen LogP contribution in [0.5, 0.6) is 5.75 Å². The minimum Gasteiger partial charge on any atom is -0.496 e. The van der Waals surface area contributed by atoms with Gasteiger partial charge in [0.15, 0.2) is 5.69 Å². The summed E-state index contributed by atoms with van der Waals surface area (Å²) in [4.78, 5) is 14.9. The summed E-state index contributed by atoms with van der Waals surface area (Å²) in [5.41, 5.74) is 1.34. The van der Waals surface area contributed by atoms with Crippen molar-refractivity contribution in [3.63, 3.8) is 0 Å². The van der Waals surface area contributed by atoms with Crippen molar-refractivity contribution in [1.29, 1.82) is 0 Å². The molecule has 0 atom stereocenters. The van der Waals surface area contributed by atoms with E-state index in [4.69, 9.17) is 21.4 Å². The lowest BCUT2D eigenvalue weighted by Crippen LogP contribution is -2.01. The van der Waals surface area contributed by atoms with E-state index < -0.39 is 5.97 Å². The molecule has 1 aromatic carbocycles. The first kappa shape index (κ1) is 11.7. The number of carboxylic acid groups (broad SMARTS) is 1. The molecule has 0 saturated carbocycles. The molecular weight excluding hydrogens is 242 g/mol. The van der Waals surface area contributed by atoms with E-state index in [0.717, 1.165) is 10.9 Å². The fraction of sp³-hybridized carbons (Fsp3) is 0.167. The quantitative estimate of drug-likeness (QED) is 0.892. The van der Waals surface area contributed by atoms with Crippen LogP contribution in [-0.4, -0.2) is 23.2 Å². The molecule has 0 amide bonds. The molecule has 0 fully saturated rings. The summed E-state index contributed by atoms with van der Waals surface area (Å²) in [7, 11) is 1.49. The fourth-order valence-corrected chi connectivity index (χ4v) is 1.76. The number of methoxy groups -OCH3 is 1. The molecule has 0 saturated heterocycles. The Balaban J connectivity index is 2.82. The lowest BCUT2D eigenvalue weighted by atomic mass is 10.1. The van der Waals surface area contributed by atoms with Crippen LogP contribution in [0, 0.1) is 6.92 Å². The monoisotopic (exact) mass is 251 g/mol. The van der Waals surface area contributed by atoms with Crippen LogP contribution in [0.15, 0.2) is 18.2 Å². The van der Waals surface area contributed by atoms with Gasteiger partial charge >= 0.3 is 5.97 Å². The smallest absolute Gasteiger partial charge is 0.354 e. The molecule has 2 rings (SSSR count). The maximum absolute atomic E-state index is 10.9. The Hall–Kier alpha value is -1.81. The van der Waals surface area contributed by atoms with E-state index in [1.807, 2.05) is 13.0 Å². The standard InChI is InChI=1S/C12H10ClNO3/c1-6-3-7-9(4-8(6)13)14-10(12(15)16)5-11(7)17-2/h3-5H,1-2H3,(H,15,16). The van der Waals surface area contributed by atoms with Gasteiger partial charge < -0.3 is 9.84 Å². The van der Waals surface area contributed by atoms with Gasteiger partial charge in [0.05, 0.1) is 12.6 Å². The predicted octanol–water partition coefficient (Wildman–Crippen LogP) is 2.90. The summed E-state index contributed by atoms with van der Waals surface area (Å²) in [6.45, 7) is 1.87. The van der Waals surface area contributed by atoms with Crippen molar-refractivity contribution in [3.05, 3.63) is 34.5 Å². The second-order valence-electron chi connectivity index (χ2n) is 3.63. The van der Waals surface area contributed by atoms with E-state index in [0.29, 0.717) is 16.3 Å². The number of halogens is 1. The average Bonchev–Trinajstić information content (AvgIpc) is 2.29. The number of aromatic nitrogens is 1. The number of hydrogen-bond acceptors (Lipinski definition) is 3. The normalized spacial score (nSPS) is 10.5. The maximum atomic E-state index is 10.9. The van der Waals surface area contributed by atoms with Crippen molar-refractivity contribution in [2.45, 2.75) is 6.92 Å². The van der Waals surface area contributed by atoms with Crippen molar-refractivity contribution >= 4 is 28.5 Å². The van der Waals surface area contributed by atoms with Crippen molar-refractivity contribution in [2.75, 3.05) is 7.11 Å². The molecule has 1 N–H and O–H groups in total. The number of aryl methyl sites for hydroxylation is 1. The number of rotatable bonds is 2. The van der Waals surface area contributed by atoms with Gasteiger partial charge in [-0.1, -0.05) is 11.6 Å². The molecule has 0 spiro atoms. The molecule has 0 aliphatic heterocycles. The lowest BCUT2D eigenvalue weighted by molar-refractivity contribution is 0.0690. The molecular formula is C12H10ClNO3. The van der Waals surface area contributed by atoms with E-state index in [9.17, 15) is 4.79 Å². The number of aromatic carboxylic acids is 1. The highest BCUT2D eigenvalue weighted by Gasteiger charge is 2.12. The molecule has 88 valence electrons. The SMILES string of the molecule is COc1cc(C(=O)O)nc2cc(Cl)c(C)cc12. The molecule has 1 heterocycles. The lowest BCUT2D eigenvalue weighted by Gasteiger charge is -2.08. The van der Waals surface area contributed by atoms with Crippen molar-refractivity contribution in [2.24, 2.45) is 0 Å². The first-order valence-electron chi connectivity index (χ1n) is 4.91. The molecule has 0 bridgehead atoms. The second-order valence-corrected chi connectivity index (χ2v) is 4.04. The highest BCUT2D eigenvalue weighted by Crippen LogP contribution is 2.29. The van der Waals surface area contributed by atoms with Gasteiger partial charge in [-0.25, -0.2) is 9.78 Å². The maximum Gasteiger partial charge on any atom is 0.354 e. The van der Waals surface area contributed by atoms with Gasteiger partial charge in [0, 0.05) is 16.5 Å². The predicted molar refractivity (Wildman–Crippen MR) is 65.0 cm³/mol. The Morgan fingerprint density at radius 1 is 1.41 bits per heavy atom. The highest BCUT2D eigenvalue weighted by molar-refractivity contribution is 6.32. The first-order chi connectivity index (χ1) is 8.02. The van der Waals surface area contributed by atoms with Gasteiger partial charge in [-0.3, -0.25) is 0 Å². The number of carbonyl (C=O) groups is 1. The fourth-order valence-electron chi connectivity index (χ4n) is 1.60. The van der Waals surface area contributed by atoms with Gasteiger partial charge in [-0.05, 0) is 24.6 Å². The Morgan fingerprint density at radius 3 is 2.71 bits per heavy atom. The van der Waals surface area contributed by atoms with E-state index in [1.165, 1.54) is 13.2 Å². The topological polar surface area (TPSA) is 59.4 Å². The summed E-state index contributed by atoms with van der Waals surface area (Å²) in [6.07, 6.45) is 0. The molecule has 17 heavy (non-hydrogen) atoms. The largest absolute Gasteiger partial charge is 0.496 e. The Morgan fingerprint density at radius 2 is 2.12 bits per heavy atom. The van der Waals surface area contributed by atoms with Gasteiger partial charge in [0.1, 0.15) is 5.75 Å². The third-order valence-corrected chi connectivity index (χ3v) is 2.90. The highest BCUT2D eigenvalue weighted by atomic mass is 35.5. The van der Waals surface area contributed by atoms with Gasteiger partial charge in [0.25, 0.3) is 0 Å². The molecule has 0 radical (unpaired) electrons. The number of fused-ring (bicyclic) bond motifs is 1. The average molecular weight is 252 g/mol. The summed E-state index contributed by atoms with van der Waals surface area (Å²) < 4.78 is 5.17. The number of hydrogen-bond donors (Lipinski definition) is 1. The van der Waals surface area contributed by atoms with Crippen molar-refractivity contribution in [1.82, 2.24) is 4.98 Å². The number of nitrogens with zero attached hydrogens (tertiary/aromatic N) is 1. The molecule has 0 unspecified atom stereocenters. The van der Waals surface area contributed by atoms with Crippen LogP contribution in [0.25, 0.3) is 10.9 Å². The zero-order chi connectivity index (χ0) is 12.6. The summed E-state index contributed by atoms with van der Waals surface area (Å²) in [5.74, 6) is -0.617. The van der Waals surface area contributed by atoms with Crippen LogP contribution in [0.4, 0.5) is 0 Å². The molecule has 2 aromatic rings. The number of ether oxygens (including phenoxy) is 1. The van der Waals surface area contributed by atoms with E-state index in [1.54, 1.807) is 6.07 Å². The van der Waals surface area contributed by atoms with Crippen LogP contribution >= 0.6 is 11.6 Å². The first-order valence-corrected chi connectivity index (χ1v) is 5.29. The van der Waals surface area contributed by atoms with E-state index in [2.05, 4.69) is 4.98 Å². The van der Waals surface area contributed by atoms with E-state index >= 15 is 0 Å². The molecule has 0 aliphatic rings. The van der Waals surface area contributed by atoms with Gasteiger partial charge in [0.2, 0.25) is 0 Å². The van der Waals surface area contributed by atoms with Crippen LogP contribution in [0.1, 0.15) is 16.1 Å². The van der Waals surface area contributed by atoms with Crippen LogP contribution in [-0.2, 0) is 0 Å². The molecule has 5 heteroatoms. The number of benzene rings is 1. The Kier molecular flexibility index (Phi) is 2.90. The third-order valence-electron chi connectivity index (χ3n) is 2.49. The second kappa shape index (κ2) is 4.22. The Bertz CT molecular complexity index is 610. The Labute approximate surface area is 103 Å². The minimum atomic E-state index is -1.10. The summed E-state index contributed by atoms with van der Waals surface area (Å²) >= 11 is 5.99. The molecule has 4 nitrogen and oxygen atoms in total. The van der Waals surface area contributed by atoms with Crippen LogP contribution in [0.2, 0.25) is 5.02 Å². The van der Waals surface area contributed by atoms with Gasteiger partial charge in [-0.15, -0.1) is 0 Å².